The van der Waals surface area contributed by atoms with Gasteiger partial charge in [0.15, 0.2) is 0 Å². The summed E-state index contributed by atoms with van der Waals surface area (Å²) in [6.07, 6.45) is 1.88. The SMILES string of the molecule is CN1CC(NC(=O)c2cc([N+](=O)[O-])cnc2N)CCC1=O. The van der Waals surface area contributed by atoms with Crippen molar-refractivity contribution in [3.8, 4) is 0 Å². The fraction of sp³-hybridized carbons (Fsp3) is 0.417. The Morgan fingerprint density at radius 2 is 2.33 bits per heavy atom. The molecule has 112 valence electrons. The third kappa shape index (κ3) is 3.25. The van der Waals surface area contributed by atoms with E-state index in [1.54, 1.807) is 7.05 Å². The topological polar surface area (TPSA) is 131 Å². The van der Waals surface area contributed by atoms with E-state index in [-0.39, 0.29) is 29.0 Å². The van der Waals surface area contributed by atoms with Crippen LogP contribution in [0.15, 0.2) is 12.3 Å². The molecule has 0 spiro atoms. The van der Waals surface area contributed by atoms with Gasteiger partial charge >= 0.3 is 0 Å². The second-order valence-electron chi connectivity index (χ2n) is 4.87. The van der Waals surface area contributed by atoms with Crippen molar-refractivity contribution in [2.45, 2.75) is 18.9 Å². The minimum atomic E-state index is -0.643. The van der Waals surface area contributed by atoms with E-state index < -0.39 is 10.8 Å². The van der Waals surface area contributed by atoms with Crippen molar-refractivity contribution in [2.75, 3.05) is 19.3 Å². The number of carbonyl (C=O) groups excluding carboxylic acids is 2. The number of piperidine rings is 1. The number of anilines is 1. The Kier molecular flexibility index (Phi) is 4.01. The number of nitrogen functional groups attached to an aromatic ring is 1. The van der Waals surface area contributed by atoms with E-state index in [1.165, 1.54) is 4.90 Å². The Labute approximate surface area is 120 Å². The Morgan fingerprint density at radius 3 is 2.95 bits per heavy atom. The monoisotopic (exact) mass is 293 g/mol. The smallest absolute Gasteiger partial charge is 0.288 e. The average Bonchev–Trinajstić information content (AvgIpc) is 2.43. The van der Waals surface area contributed by atoms with Crippen LogP contribution in [0.2, 0.25) is 0 Å². The molecule has 21 heavy (non-hydrogen) atoms. The van der Waals surface area contributed by atoms with Crippen LogP contribution in [0.5, 0.6) is 0 Å². The molecule has 1 aromatic rings. The number of hydrogen-bond donors (Lipinski definition) is 2. The fourth-order valence-electron chi connectivity index (χ4n) is 2.14. The molecule has 1 atom stereocenters. The summed E-state index contributed by atoms with van der Waals surface area (Å²) < 4.78 is 0. The third-order valence-corrected chi connectivity index (χ3v) is 3.32. The van der Waals surface area contributed by atoms with Gasteiger partial charge in [0.2, 0.25) is 5.91 Å². The van der Waals surface area contributed by atoms with E-state index in [2.05, 4.69) is 10.3 Å². The lowest BCUT2D eigenvalue weighted by atomic mass is 10.1. The zero-order chi connectivity index (χ0) is 15.6. The molecule has 1 fully saturated rings. The summed E-state index contributed by atoms with van der Waals surface area (Å²) >= 11 is 0. The Hall–Kier alpha value is -2.71. The number of pyridine rings is 1. The van der Waals surface area contributed by atoms with Gasteiger partial charge < -0.3 is 16.0 Å². The summed E-state index contributed by atoms with van der Waals surface area (Å²) in [5, 5.41) is 13.4. The summed E-state index contributed by atoms with van der Waals surface area (Å²) in [6.45, 7) is 0.396. The third-order valence-electron chi connectivity index (χ3n) is 3.32. The highest BCUT2D eigenvalue weighted by Crippen LogP contribution is 2.17. The maximum Gasteiger partial charge on any atom is 0.288 e. The standard InChI is InChI=1S/C12H15N5O4/c1-16-6-7(2-3-10(16)18)15-12(19)9-4-8(17(20)21)5-14-11(9)13/h4-5,7H,2-3,6H2,1H3,(H2,13,14)(H,15,19). The number of nitrogens with one attached hydrogen (secondary N) is 1. The van der Waals surface area contributed by atoms with Gasteiger partial charge in [-0.25, -0.2) is 4.98 Å². The van der Waals surface area contributed by atoms with Gasteiger partial charge in [-0.2, -0.15) is 0 Å². The van der Waals surface area contributed by atoms with E-state index >= 15 is 0 Å². The number of nitrogens with zero attached hydrogens (tertiary/aromatic N) is 3. The van der Waals surface area contributed by atoms with E-state index in [1.807, 2.05) is 0 Å². The van der Waals surface area contributed by atoms with Crippen LogP contribution >= 0.6 is 0 Å². The predicted molar refractivity (Wildman–Crippen MR) is 73.4 cm³/mol. The molecule has 1 aliphatic heterocycles. The molecule has 1 aliphatic rings. The van der Waals surface area contributed by atoms with Crippen molar-refractivity contribution < 1.29 is 14.5 Å². The van der Waals surface area contributed by atoms with Gasteiger partial charge in [-0.15, -0.1) is 0 Å². The summed E-state index contributed by atoms with van der Waals surface area (Å²) in [5.41, 5.74) is 5.25. The molecule has 2 rings (SSSR count). The molecule has 9 heteroatoms. The quantitative estimate of drug-likeness (QED) is 0.592. The fourth-order valence-corrected chi connectivity index (χ4v) is 2.14. The van der Waals surface area contributed by atoms with Crippen molar-refractivity contribution in [3.05, 3.63) is 27.9 Å². The Bertz CT molecular complexity index is 603. The number of rotatable bonds is 3. The highest BCUT2D eigenvalue weighted by Gasteiger charge is 2.25. The first-order valence-corrected chi connectivity index (χ1v) is 6.33. The molecule has 2 amide bonds. The highest BCUT2D eigenvalue weighted by atomic mass is 16.6. The summed E-state index contributed by atoms with van der Waals surface area (Å²) in [5.74, 6) is -0.577. The Morgan fingerprint density at radius 1 is 1.62 bits per heavy atom. The van der Waals surface area contributed by atoms with Crippen molar-refractivity contribution in [2.24, 2.45) is 0 Å². The molecular weight excluding hydrogens is 278 g/mol. The van der Waals surface area contributed by atoms with Crippen LogP contribution in [-0.4, -0.2) is 46.3 Å². The predicted octanol–water partition coefficient (Wildman–Crippen LogP) is -0.0774. The van der Waals surface area contributed by atoms with Gasteiger partial charge in [0.1, 0.15) is 12.0 Å². The Balaban J connectivity index is 2.11. The van der Waals surface area contributed by atoms with Crippen LogP contribution < -0.4 is 11.1 Å². The molecular formula is C12H15N5O4. The number of aromatic nitrogens is 1. The number of hydrogen-bond acceptors (Lipinski definition) is 6. The lowest BCUT2D eigenvalue weighted by Gasteiger charge is -2.30. The number of likely N-dealkylation sites (tertiary alicyclic amines) is 1. The van der Waals surface area contributed by atoms with Crippen molar-refractivity contribution in [3.63, 3.8) is 0 Å². The zero-order valence-electron chi connectivity index (χ0n) is 11.4. The molecule has 0 aromatic carbocycles. The first-order valence-electron chi connectivity index (χ1n) is 6.33. The van der Waals surface area contributed by atoms with Crippen LogP contribution in [0.4, 0.5) is 11.5 Å². The van der Waals surface area contributed by atoms with E-state index in [9.17, 15) is 19.7 Å². The number of nitrogens with two attached hydrogens (primary N) is 1. The van der Waals surface area contributed by atoms with Gasteiger partial charge in [0.05, 0.1) is 10.5 Å². The molecule has 1 aromatic heterocycles. The molecule has 1 unspecified atom stereocenters. The van der Waals surface area contributed by atoms with Crippen molar-refractivity contribution in [1.29, 1.82) is 0 Å². The minimum absolute atomic E-state index is 0.0250. The second-order valence-corrected chi connectivity index (χ2v) is 4.87. The van der Waals surface area contributed by atoms with Gasteiger partial charge in [0, 0.05) is 32.1 Å². The molecule has 0 aliphatic carbocycles. The highest BCUT2D eigenvalue weighted by molar-refractivity contribution is 5.99. The summed E-state index contributed by atoms with van der Waals surface area (Å²) in [6, 6.07) is 0.883. The summed E-state index contributed by atoms with van der Waals surface area (Å²) in [7, 11) is 1.66. The molecule has 1 saturated heterocycles. The van der Waals surface area contributed by atoms with Crippen molar-refractivity contribution in [1.82, 2.24) is 15.2 Å². The lowest BCUT2D eigenvalue weighted by Crippen LogP contribution is -2.48. The van der Waals surface area contributed by atoms with Gasteiger partial charge in [-0.1, -0.05) is 0 Å². The number of amides is 2. The summed E-state index contributed by atoms with van der Waals surface area (Å²) in [4.78, 5) is 38.8. The molecule has 0 bridgehead atoms. The molecule has 3 N–H and O–H groups in total. The number of likely N-dealkylation sites (N-methyl/N-ethyl adjacent to an activating group) is 1. The zero-order valence-corrected chi connectivity index (χ0v) is 11.4. The van der Waals surface area contributed by atoms with Crippen molar-refractivity contribution >= 4 is 23.3 Å². The van der Waals surface area contributed by atoms with Crippen LogP contribution in [0, 0.1) is 10.1 Å². The van der Waals surface area contributed by atoms with E-state index in [4.69, 9.17) is 5.73 Å². The molecule has 0 radical (unpaired) electrons. The maximum absolute atomic E-state index is 12.1. The van der Waals surface area contributed by atoms with Crippen LogP contribution in [0.25, 0.3) is 0 Å². The molecule has 0 saturated carbocycles. The molecule has 9 nitrogen and oxygen atoms in total. The lowest BCUT2D eigenvalue weighted by molar-refractivity contribution is -0.385. The van der Waals surface area contributed by atoms with Gasteiger partial charge in [0.25, 0.3) is 11.6 Å². The normalized spacial score (nSPS) is 18.4. The van der Waals surface area contributed by atoms with Crippen LogP contribution in [-0.2, 0) is 4.79 Å². The van der Waals surface area contributed by atoms with Crippen LogP contribution in [0.1, 0.15) is 23.2 Å². The van der Waals surface area contributed by atoms with E-state index in [0.29, 0.717) is 19.4 Å². The molecule has 2 heterocycles. The second kappa shape index (κ2) is 5.73. The number of carbonyl (C=O) groups is 2. The van der Waals surface area contributed by atoms with Gasteiger partial charge in [-0.3, -0.25) is 19.7 Å². The maximum atomic E-state index is 12.1. The average molecular weight is 293 g/mol. The van der Waals surface area contributed by atoms with E-state index in [0.717, 1.165) is 12.3 Å². The van der Waals surface area contributed by atoms with Crippen LogP contribution in [0.3, 0.4) is 0 Å². The number of nitro groups is 1. The largest absolute Gasteiger partial charge is 0.383 e. The van der Waals surface area contributed by atoms with Gasteiger partial charge in [-0.05, 0) is 6.42 Å². The first-order chi connectivity index (χ1) is 9.88. The minimum Gasteiger partial charge on any atom is -0.383 e. The first kappa shape index (κ1) is 14.7.